The summed E-state index contributed by atoms with van der Waals surface area (Å²) in [6, 6.07) is 5.33. The molecule has 0 bridgehead atoms. The minimum atomic E-state index is -0.844. The summed E-state index contributed by atoms with van der Waals surface area (Å²) in [4.78, 5) is 22.0. The van der Waals surface area contributed by atoms with Crippen molar-refractivity contribution in [1.29, 1.82) is 0 Å². The first-order valence-electron chi connectivity index (χ1n) is 5.45. The van der Waals surface area contributed by atoms with E-state index in [0.29, 0.717) is 12.1 Å². The van der Waals surface area contributed by atoms with Crippen LogP contribution in [0.3, 0.4) is 0 Å². The number of nitrogens with one attached hydrogen (secondary N) is 2. The summed E-state index contributed by atoms with van der Waals surface area (Å²) in [6.07, 6.45) is 0.0449. The molecule has 3 N–H and O–H groups in total. The van der Waals surface area contributed by atoms with Gasteiger partial charge < -0.3 is 15.7 Å². The van der Waals surface area contributed by atoms with E-state index < -0.39 is 5.97 Å². The maximum atomic E-state index is 11.4. The molecule has 1 aliphatic rings. The number of rotatable bonds is 4. The third-order valence-corrected chi connectivity index (χ3v) is 2.69. The second kappa shape index (κ2) is 4.45. The van der Waals surface area contributed by atoms with Crippen LogP contribution in [0.5, 0.6) is 0 Å². The molecule has 0 spiro atoms. The van der Waals surface area contributed by atoms with E-state index in [-0.39, 0.29) is 18.4 Å². The largest absolute Gasteiger partial charge is 0.481 e. The van der Waals surface area contributed by atoms with Crippen molar-refractivity contribution >= 4 is 17.6 Å². The van der Waals surface area contributed by atoms with E-state index in [1.165, 1.54) is 0 Å². The van der Waals surface area contributed by atoms with E-state index >= 15 is 0 Å². The number of hydrogen-bond donors (Lipinski definition) is 3. The highest BCUT2D eigenvalue weighted by Crippen LogP contribution is 2.20. The molecule has 1 aliphatic heterocycles. The van der Waals surface area contributed by atoms with Crippen LogP contribution in [0.15, 0.2) is 18.2 Å². The molecule has 0 aliphatic carbocycles. The van der Waals surface area contributed by atoms with Crippen LogP contribution in [0.25, 0.3) is 0 Å². The van der Waals surface area contributed by atoms with Crippen LogP contribution in [-0.4, -0.2) is 23.0 Å². The number of aliphatic carboxylic acids is 1. The Morgan fingerprint density at radius 3 is 3.06 bits per heavy atom. The van der Waals surface area contributed by atoms with Gasteiger partial charge in [-0.25, -0.2) is 0 Å². The molecule has 1 unspecified atom stereocenters. The fourth-order valence-corrected chi connectivity index (χ4v) is 1.90. The van der Waals surface area contributed by atoms with Crippen molar-refractivity contribution < 1.29 is 14.7 Å². The minimum Gasteiger partial charge on any atom is -0.481 e. The summed E-state index contributed by atoms with van der Waals surface area (Å²) in [5.74, 6) is -0.918. The molecule has 17 heavy (non-hydrogen) atoms. The van der Waals surface area contributed by atoms with E-state index in [9.17, 15) is 9.59 Å². The van der Waals surface area contributed by atoms with Crippen molar-refractivity contribution in [2.75, 3.05) is 5.32 Å². The summed E-state index contributed by atoms with van der Waals surface area (Å²) in [6.45, 7) is 2.36. The standard InChI is InChI=1S/C12H14N2O3/c1-7(4-11(15)16)14-9-3-2-8-6-13-12(17)10(8)5-9/h2-3,5,7,14H,4,6H2,1H3,(H,13,17)(H,15,16). The molecule has 1 aromatic rings. The number of carbonyl (C=O) groups is 2. The molecule has 0 saturated heterocycles. The average molecular weight is 234 g/mol. The lowest BCUT2D eigenvalue weighted by molar-refractivity contribution is -0.137. The SMILES string of the molecule is CC(CC(=O)O)Nc1ccc2c(c1)C(=O)NC2. The topological polar surface area (TPSA) is 78.4 Å². The van der Waals surface area contributed by atoms with Crippen LogP contribution in [0, 0.1) is 0 Å². The van der Waals surface area contributed by atoms with E-state index in [1.807, 2.05) is 12.1 Å². The van der Waals surface area contributed by atoms with Crippen LogP contribution in [0.2, 0.25) is 0 Å². The number of fused-ring (bicyclic) bond motifs is 1. The predicted molar refractivity (Wildman–Crippen MR) is 62.9 cm³/mol. The third kappa shape index (κ3) is 2.55. The van der Waals surface area contributed by atoms with Crippen molar-refractivity contribution in [3.63, 3.8) is 0 Å². The molecule has 90 valence electrons. The second-order valence-electron chi connectivity index (χ2n) is 4.20. The summed E-state index contributed by atoms with van der Waals surface area (Å²) >= 11 is 0. The molecule has 0 fully saturated rings. The van der Waals surface area contributed by atoms with Gasteiger partial charge in [-0.3, -0.25) is 9.59 Å². The molecule has 1 atom stereocenters. The fourth-order valence-electron chi connectivity index (χ4n) is 1.90. The van der Waals surface area contributed by atoms with Gasteiger partial charge >= 0.3 is 5.97 Å². The van der Waals surface area contributed by atoms with E-state index in [0.717, 1.165) is 11.3 Å². The van der Waals surface area contributed by atoms with Crippen LogP contribution in [0.1, 0.15) is 29.3 Å². The average Bonchev–Trinajstić information content (AvgIpc) is 2.59. The normalized spacial score (nSPS) is 15.0. The van der Waals surface area contributed by atoms with Crippen LogP contribution >= 0.6 is 0 Å². The maximum Gasteiger partial charge on any atom is 0.305 e. The smallest absolute Gasteiger partial charge is 0.305 e. The number of amides is 1. The molecule has 5 heteroatoms. The number of carboxylic acid groups (broad SMARTS) is 1. The first-order valence-corrected chi connectivity index (χ1v) is 5.45. The van der Waals surface area contributed by atoms with Crippen molar-refractivity contribution in [3.8, 4) is 0 Å². The number of carboxylic acids is 1. The summed E-state index contributed by atoms with van der Waals surface area (Å²) in [5.41, 5.74) is 2.42. The Bertz CT molecular complexity index is 471. The third-order valence-electron chi connectivity index (χ3n) is 2.69. The summed E-state index contributed by atoms with van der Waals surface area (Å²) in [5, 5.41) is 14.5. The minimum absolute atomic E-state index is 0.0449. The first kappa shape index (κ1) is 11.4. The number of carbonyl (C=O) groups excluding carboxylic acids is 1. The van der Waals surface area contributed by atoms with Crippen molar-refractivity contribution in [2.45, 2.75) is 25.9 Å². The quantitative estimate of drug-likeness (QED) is 0.731. The first-order chi connectivity index (χ1) is 8.06. The maximum absolute atomic E-state index is 11.4. The Balaban J connectivity index is 2.10. The monoisotopic (exact) mass is 234 g/mol. The van der Waals surface area contributed by atoms with Gasteiger partial charge in [-0.05, 0) is 24.6 Å². The number of hydrogen-bond acceptors (Lipinski definition) is 3. The Morgan fingerprint density at radius 1 is 1.59 bits per heavy atom. The Hall–Kier alpha value is -2.04. The van der Waals surface area contributed by atoms with Crippen LogP contribution in [-0.2, 0) is 11.3 Å². The Morgan fingerprint density at radius 2 is 2.35 bits per heavy atom. The van der Waals surface area contributed by atoms with Crippen LogP contribution in [0.4, 0.5) is 5.69 Å². The second-order valence-corrected chi connectivity index (χ2v) is 4.20. The van der Waals surface area contributed by atoms with E-state index in [4.69, 9.17) is 5.11 Å². The lowest BCUT2D eigenvalue weighted by Crippen LogP contribution is -2.19. The number of anilines is 1. The molecule has 1 heterocycles. The molecular weight excluding hydrogens is 220 g/mol. The summed E-state index contributed by atoms with van der Waals surface area (Å²) < 4.78 is 0. The van der Waals surface area contributed by atoms with Gasteiger partial charge in [0.05, 0.1) is 6.42 Å². The van der Waals surface area contributed by atoms with E-state index in [1.54, 1.807) is 13.0 Å². The molecule has 2 rings (SSSR count). The molecule has 1 amide bonds. The zero-order valence-electron chi connectivity index (χ0n) is 9.49. The molecule has 0 saturated carbocycles. The van der Waals surface area contributed by atoms with Gasteiger partial charge in [-0.15, -0.1) is 0 Å². The molecule has 0 aromatic heterocycles. The summed E-state index contributed by atoms with van der Waals surface area (Å²) in [7, 11) is 0. The van der Waals surface area contributed by atoms with Gasteiger partial charge in [-0.2, -0.15) is 0 Å². The Labute approximate surface area is 98.8 Å². The fraction of sp³-hybridized carbons (Fsp3) is 0.333. The van der Waals surface area contributed by atoms with E-state index in [2.05, 4.69) is 10.6 Å². The van der Waals surface area contributed by atoms with Crippen molar-refractivity contribution in [2.24, 2.45) is 0 Å². The lowest BCUT2D eigenvalue weighted by atomic mass is 10.1. The van der Waals surface area contributed by atoms with Crippen LogP contribution < -0.4 is 10.6 Å². The van der Waals surface area contributed by atoms with Crippen molar-refractivity contribution in [3.05, 3.63) is 29.3 Å². The molecule has 0 radical (unpaired) electrons. The van der Waals surface area contributed by atoms with Gasteiger partial charge in [0.25, 0.3) is 5.91 Å². The Kier molecular flexibility index (Phi) is 2.99. The lowest BCUT2D eigenvalue weighted by Gasteiger charge is -2.13. The number of benzene rings is 1. The van der Waals surface area contributed by atoms with Gasteiger partial charge in [0.1, 0.15) is 0 Å². The van der Waals surface area contributed by atoms with Gasteiger partial charge in [0.15, 0.2) is 0 Å². The molecular formula is C12H14N2O3. The predicted octanol–water partition coefficient (Wildman–Crippen LogP) is 1.21. The highest BCUT2D eigenvalue weighted by Gasteiger charge is 2.19. The van der Waals surface area contributed by atoms with Gasteiger partial charge in [-0.1, -0.05) is 6.07 Å². The van der Waals surface area contributed by atoms with Gasteiger partial charge in [0.2, 0.25) is 0 Å². The highest BCUT2D eigenvalue weighted by atomic mass is 16.4. The zero-order valence-corrected chi connectivity index (χ0v) is 9.49. The zero-order chi connectivity index (χ0) is 12.4. The van der Waals surface area contributed by atoms with Crippen molar-refractivity contribution in [1.82, 2.24) is 5.32 Å². The molecule has 1 aromatic carbocycles. The highest BCUT2D eigenvalue weighted by molar-refractivity contribution is 5.99. The van der Waals surface area contributed by atoms with Gasteiger partial charge in [0, 0.05) is 23.8 Å². The molecule has 5 nitrogen and oxygen atoms in total.